The minimum absolute atomic E-state index is 0.424. The highest BCUT2D eigenvalue weighted by atomic mass is 16.5. The van der Waals surface area contributed by atoms with E-state index in [9.17, 15) is 0 Å². The molecule has 2 atom stereocenters. The fourth-order valence-corrected chi connectivity index (χ4v) is 1.40. The third kappa shape index (κ3) is 3.11. The van der Waals surface area contributed by atoms with Gasteiger partial charge in [-0.25, -0.2) is 4.98 Å². The lowest BCUT2D eigenvalue weighted by atomic mass is 10.0. The van der Waals surface area contributed by atoms with Crippen molar-refractivity contribution in [2.24, 2.45) is 5.92 Å². The first-order valence-corrected chi connectivity index (χ1v) is 5.44. The molecule has 0 radical (unpaired) electrons. The zero-order valence-electron chi connectivity index (χ0n) is 9.95. The van der Waals surface area contributed by atoms with Gasteiger partial charge >= 0.3 is 0 Å². The average Bonchev–Trinajstić information content (AvgIpc) is 2.28. The molecule has 0 aliphatic carbocycles. The molecule has 0 aliphatic rings. The molecule has 0 aliphatic heterocycles. The maximum Gasteiger partial charge on any atom is 0.237 e. The molecule has 1 aromatic heterocycles. The van der Waals surface area contributed by atoms with Gasteiger partial charge in [0.25, 0.3) is 0 Å². The third-order valence-corrected chi connectivity index (χ3v) is 2.85. The number of ether oxygens (including phenoxy) is 1. The Morgan fingerprint density at radius 1 is 1.47 bits per heavy atom. The molecule has 0 aromatic carbocycles. The van der Waals surface area contributed by atoms with Crippen LogP contribution in [0.1, 0.15) is 27.2 Å². The highest BCUT2D eigenvalue weighted by Crippen LogP contribution is 2.22. The van der Waals surface area contributed by atoms with E-state index in [1.54, 1.807) is 13.3 Å². The summed E-state index contributed by atoms with van der Waals surface area (Å²) in [6.45, 7) is 6.62. The van der Waals surface area contributed by atoms with Gasteiger partial charge in [-0.2, -0.15) is 0 Å². The van der Waals surface area contributed by atoms with Gasteiger partial charge in [-0.05, 0) is 25.0 Å². The number of nitrogens with zero attached hydrogens (tertiary/aromatic N) is 1. The van der Waals surface area contributed by atoms with E-state index in [-0.39, 0.29) is 0 Å². The van der Waals surface area contributed by atoms with Crippen molar-refractivity contribution in [1.29, 1.82) is 0 Å². The summed E-state index contributed by atoms with van der Waals surface area (Å²) in [5, 5.41) is 3.42. The number of hydrogen-bond donors (Lipinski definition) is 1. The van der Waals surface area contributed by atoms with E-state index >= 15 is 0 Å². The van der Waals surface area contributed by atoms with Crippen LogP contribution in [0.2, 0.25) is 0 Å². The summed E-state index contributed by atoms with van der Waals surface area (Å²) in [7, 11) is 1.64. The molecule has 0 saturated carbocycles. The number of nitrogens with one attached hydrogen (secondary N) is 1. The van der Waals surface area contributed by atoms with Crippen LogP contribution in [0.3, 0.4) is 0 Å². The summed E-state index contributed by atoms with van der Waals surface area (Å²) in [6.07, 6.45) is 2.90. The van der Waals surface area contributed by atoms with E-state index in [1.807, 2.05) is 12.1 Å². The van der Waals surface area contributed by atoms with Crippen molar-refractivity contribution in [3.63, 3.8) is 0 Å². The van der Waals surface area contributed by atoms with Gasteiger partial charge in [0.2, 0.25) is 5.88 Å². The molecule has 1 aromatic rings. The number of methoxy groups -OCH3 is 1. The molecule has 15 heavy (non-hydrogen) atoms. The van der Waals surface area contributed by atoms with E-state index in [1.165, 1.54) is 0 Å². The van der Waals surface area contributed by atoms with Crippen LogP contribution in [-0.4, -0.2) is 18.1 Å². The Labute approximate surface area is 91.9 Å². The van der Waals surface area contributed by atoms with Crippen LogP contribution in [0, 0.1) is 5.92 Å². The molecule has 0 bridgehead atoms. The van der Waals surface area contributed by atoms with Crippen molar-refractivity contribution in [2.45, 2.75) is 33.2 Å². The highest BCUT2D eigenvalue weighted by Gasteiger charge is 2.12. The lowest BCUT2D eigenvalue weighted by molar-refractivity contribution is 0.398. The van der Waals surface area contributed by atoms with Crippen LogP contribution in [0.5, 0.6) is 5.88 Å². The Morgan fingerprint density at radius 2 is 2.20 bits per heavy atom. The molecule has 0 fully saturated rings. The topological polar surface area (TPSA) is 34.2 Å². The molecule has 1 N–H and O–H groups in total. The zero-order valence-corrected chi connectivity index (χ0v) is 9.95. The predicted molar refractivity (Wildman–Crippen MR) is 63.3 cm³/mol. The van der Waals surface area contributed by atoms with Crippen LogP contribution in [0.25, 0.3) is 0 Å². The number of rotatable bonds is 5. The second kappa shape index (κ2) is 5.59. The van der Waals surface area contributed by atoms with Gasteiger partial charge in [0.1, 0.15) is 0 Å². The summed E-state index contributed by atoms with van der Waals surface area (Å²) >= 11 is 0. The van der Waals surface area contributed by atoms with E-state index < -0.39 is 0 Å². The molecule has 84 valence electrons. The lowest BCUT2D eigenvalue weighted by Crippen LogP contribution is -2.23. The van der Waals surface area contributed by atoms with Crippen molar-refractivity contribution in [2.75, 3.05) is 12.4 Å². The molecule has 0 saturated heterocycles. The van der Waals surface area contributed by atoms with Gasteiger partial charge in [-0.1, -0.05) is 20.3 Å². The predicted octanol–water partition coefficient (Wildman–Crippen LogP) is 2.94. The normalized spacial score (nSPS) is 14.4. The number of aromatic nitrogens is 1. The van der Waals surface area contributed by atoms with Crippen molar-refractivity contribution >= 4 is 5.69 Å². The molecule has 0 amide bonds. The van der Waals surface area contributed by atoms with Crippen LogP contribution >= 0.6 is 0 Å². The van der Waals surface area contributed by atoms with Crippen molar-refractivity contribution in [3.8, 4) is 5.88 Å². The molecule has 0 unspecified atom stereocenters. The monoisotopic (exact) mass is 208 g/mol. The van der Waals surface area contributed by atoms with Crippen LogP contribution < -0.4 is 10.1 Å². The quantitative estimate of drug-likeness (QED) is 0.807. The largest absolute Gasteiger partial charge is 0.480 e. The SMILES string of the molecule is CC[C@H](C)[C@@H](C)Nc1cccnc1OC. The van der Waals surface area contributed by atoms with E-state index in [0.717, 1.165) is 12.1 Å². The Hall–Kier alpha value is -1.25. The molecular weight excluding hydrogens is 188 g/mol. The molecular formula is C12H20N2O. The van der Waals surface area contributed by atoms with Gasteiger partial charge in [0, 0.05) is 12.2 Å². The Kier molecular flexibility index (Phi) is 4.40. The van der Waals surface area contributed by atoms with E-state index in [2.05, 4.69) is 31.1 Å². The third-order valence-electron chi connectivity index (χ3n) is 2.85. The van der Waals surface area contributed by atoms with Gasteiger partial charge < -0.3 is 10.1 Å². The van der Waals surface area contributed by atoms with Crippen molar-refractivity contribution in [1.82, 2.24) is 4.98 Å². The zero-order chi connectivity index (χ0) is 11.3. The lowest BCUT2D eigenvalue weighted by Gasteiger charge is -2.21. The number of anilines is 1. The summed E-state index contributed by atoms with van der Waals surface area (Å²) in [5.41, 5.74) is 0.966. The van der Waals surface area contributed by atoms with Gasteiger partial charge in [-0.15, -0.1) is 0 Å². The van der Waals surface area contributed by atoms with E-state index in [4.69, 9.17) is 4.74 Å². The van der Waals surface area contributed by atoms with Crippen LogP contribution in [0.4, 0.5) is 5.69 Å². The van der Waals surface area contributed by atoms with E-state index in [0.29, 0.717) is 17.8 Å². The molecule has 1 heterocycles. The smallest absolute Gasteiger partial charge is 0.237 e. The minimum atomic E-state index is 0.424. The second-order valence-corrected chi connectivity index (χ2v) is 3.88. The Bertz CT molecular complexity index is 301. The standard InChI is InChI=1S/C12H20N2O/c1-5-9(2)10(3)14-11-7-6-8-13-12(11)15-4/h6-10,14H,5H2,1-4H3/t9-,10+/m0/s1. The fourth-order valence-electron chi connectivity index (χ4n) is 1.40. The first-order valence-electron chi connectivity index (χ1n) is 5.44. The molecule has 3 nitrogen and oxygen atoms in total. The number of hydrogen-bond acceptors (Lipinski definition) is 3. The van der Waals surface area contributed by atoms with Crippen molar-refractivity contribution < 1.29 is 4.74 Å². The van der Waals surface area contributed by atoms with Crippen LogP contribution in [-0.2, 0) is 0 Å². The summed E-state index contributed by atoms with van der Waals surface area (Å²) in [4.78, 5) is 4.15. The Morgan fingerprint density at radius 3 is 2.80 bits per heavy atom. The maximum atomic E-state index is 5.19. The maximum absolute atomic E-state index is 5.19. The van der Waals surface area contributed by atoms with Gasteiger partial charge in [0.15, 0.2) is 0 Å². The van der Waals surface area contributed by atoms with Crippen molar-refractivity contribution in [3.05, 3.63) is 18.3 Å². The summed E-state index contributed by atoms with van der Waals surface area (Å²) in [6, 6.07) is 4.33. The first kappa shape index (κ1) is 11.8. The van der Waals surface area contributed by atoms with Gasteiger partial charge in [-0.3, -0.25) is 0 Å². The second-order valence-electron chi connectivity index (χ2n) is 3.88. The Balaban J connectivity index is 2.71. The summed E-state index contributed by atoms with van der Waals surface area (Å²) in [5.74, 6) is 1.29. The highest BCUT2D eigenvalue weighted by molar-refractivity contribution is 5.52. The summed E-state index contributed by atoms with van der Waals surface area (Å²) < 4.78 is 5.19. The minimum Gasteiger partial charge on any atom is -0.480 e. The fraction of sp³-hybridized carbons (Fsp3) is 0.583. The number of pyridine rings is 1. The first-order chi connectivity index (χ1) is 7.19. The molecule has 3 heteroatoms. The molecule has 0 spiro atoms. The van der Waals surface area contributed by atoms with Gasteiger partial charge in [0.05, 0.1) is 12.8 Å². The van der Waals surface area contributed by atoms with Crippen LogP contribution in [0.15, 0.2) is 18.3 Å². The molecule has 1 rings (SSSR count). The average molecular weight is 208 g/mol.